The van der Waals surface area contributed by atoms with E-state index < -0.39 is 52.4 Å². The first kappa shape index (κ1) is 33.5. The van der Waals surface area contributed by atoms with Crippen LogP contribution in [0, 0.1) is 10.1 Å². The van der Waals surface area contributed by atoms with Crippen LogP contribution in [-0.2, 0) is 14.3 Å². The maximum atomic E-state index is 13.8. The number of hydrogen-bond acceptors (Lipinski definition) is 11. The van der Waals surface area contributed by atoms with E-state index in [1.165, 1.54) is 55.6 Å². The molecule has 0 unspecified atom stereocenters. The highest BCUT2D eigenvalue weighted by Crippen LogP contribution is 2.48. The van der Waals surface area contributed by atoms with Crippen LogP contribution in [0.3, 0.4) is 0 Å². The van der Waals surface area contributed by atoms with E-state index >= 15 is 0 Å². The number of anilines is 1. The second-order valence-corrected chi connectivity index (χ2v) is 12.2. The predicted molar refractivity (Wildman–Crippen MR) is 169 cm³/mol. The molecule has 48 heavy (non-hydrogen) atoms. The number of esters is 1. The number of nitrogens with zero attached hydrogens (tertiary/aromatic N) is 3. The molecule has 3 heterocycles. The molecule has 0 saturated heterocycles. The summed E-state index contributed by atoms with van der Waals surface area (Å²) in [5, 5.41) is 11.0. The van der Waals surface area contributed by atoms with Gasteiger partial charge < -0.3 is 33.4 Å². The summed E-state index contributed by atoms with van der Waals surface area (Å²) >= 11 is 6.75. The first-order valence-corrected chi connectivity index (χ1v) is 14.6. The Kier molecular flexibility index (Phi) is 8.90. The van der Waals surface area contributed by atoms with Crippen LogP contribution in [0.25, 0.3) is 21.9 Å². The Balaban J connectivity index is 1.44. The summed E-state index contributed by atoms with van der Waals surface area (Å²) in [5.74, 6) is -2.42. The molecule has 0 fully saturated rings. The molecule has 0 bridgehead atoms. The number of furan rings is 1. The Bertz CT molecular complexity index is 2000. The van der Waals surface area contributed by atoms with Gasteiger partial charge in [-0.2, -0.15) is 0 Å². The minimum atomic E-state index is -1.00. The predicted octanol–water partition coefficient (Wildman–Crippen LogP) is 4.54. The van der Waals surface area contributed by atoms with E-state index in [9.17, 15) is 34.1 Å². The van der Waals surface area contributed by atoms with Crippen LogP contribution in [0.1, 0.15) is 52.6 Å². The van der Waals surface area contributed by atoms with Crippen LogP contribution >= 0.6 is 11.6 Å². The number of carbonyl (C=O) groups excluding carboxylic acids is 5. The lowest BCUT2D eigenvalue weighted by molar-refractivity contribution is -0.384. The molecule has 2 aromatic carbocycles. The topological polar surface area (TPSA) is 216 Å². The van der Waals surface area contributed by atoms with Gasteiger partial charge in [-0.25, -0.2) is 19.8 Å². The number of hydrogen-bond donors (Lipinski definition) is 3. The highest BCUT2D eigenvalue weighted by Gasteiger charge is 2.38. The Labute approximate surface area is 276 Å². The molecule has 2 aromatic heterocycles. The number of likely N-dealkylation sites (N-methyl/N-ethyl adjacent to an activating group) is 1. The van der Waals surface area contributed by atoms with Crippen molar-refractivity contribution in [3.05, 3.63) is 63.5 Å². The number of nitro groups is 1. The van der Waals surface area contributed by atoms with Crippen LogP contribution in [0.15, 0.2) is 40.9 Å². The average molecular weight is 685 g/mol. The normalized spacial score (nSPS) is 14.0. The number of amides is 4. The van der Waals surface area contributed by atoms with Crippen molar-refractivity contribution in [2.24, 2.45) is 0 Å². The standard InChI is InChI=1S/C30H29ClN6O11/c1-30(2,3)48-28(41)34-33-22(38)13-35(4)29(42)47-20-10-18-24(23-16(27(40)45-5)11-32-25(20)23)17(31)12-36(18)26(39)21-9-14-8-15(37(43)44)6-7-19(14)46-21/h6-11,17,32H,12-13H2,1-5H3,(H,33,38)(H,34,41)/t17-/m1/s1. The monoisotopic (exact) mass is 684 g/mol. The highest BCUT2D eigenvalue weighted by atomic mass is 35.5. The zero-order valence-electron chi connectivity index (χ0n) is 26.2. The van der Waals surface area contributed by atoms with Gasteiger partial charge in [-0.15, -0.1) is 11.6 Å². The number of non-ortho nitro benzene ring substituents is 1. The molecule has 1 aliphatic heterocycles. The summed E-state index contributed by atoms with van der Waals surface area (Å²) in [6, 6.07) is 6.63. The summed E-state index contributed by atoms with van der Waals surface area (Å²) < 4.78 is 21.3. The third kappa shape index (κ3) is 6.66. The molecule has 0 spiro atoms. The lowest BCUT2D eigenvalue weighted by Gasteiger charge is -2.21. The Hall–Kier alpha value is -5.84. The minimum Gasteiger partial charge on any atom is -0.465 e. The first-order valence-electron chi connectivity index (χ1n) is 14.2. The maximum Gasteiger partial charge on any atom is 0.426 e. The fourth-order valence-electron chi connectivity index (χ4n) is 5.03. The number of ether oxygens (including phenoxy) is 3. The van der Waals surface area contributed by atoms with Crippen LogP contribution in [0.2, 0.25) is 0 Å². The SMILES string of the molecule is COC(=O)c1c[nH]c2c(OC(=O)N(C)CC(=O)NNC(=O)OC(C)(C)C)cc3c(c12)[C@H](Cl)CN3C(=O)c1cc2cc([N+](=O)[O-])ccc2o1. The summed E-state index contributed by atoms with van der Waals surface area (Å²) in [5.41, 5.74) is 4.25. The molecule has 5 rings (SSSR count). The van der Waals surface area contributed by atoms with Gasteiger partial charge in [-0.1, -0.05) is 0 Å². The number of benzene rings is 2. The summed E-state index contributed by atoms with van der Waals surface area (Å²) in [6.45, 7) is 4.31. The quantitative estimate of drug-likeness (QED) is 0.111. The lowest BCUT2D eigenvalue weighted by Crippen LogP contribution is -2.48. The van der Waals surface area contributed by atoms with Gasteiger partial charge in [-0.05, 0) is 32.9 Å². The van der Waals surface area contributed by atoms with Crippen molar-refractivity contribution in [3.8, 4) is 5.75 Å². The van der Waals surface area contributed by atoms with Gasteiger partial charge in [-0.3, -0.25) is 25.1 Å². The summed E-state index contributed by atoms with van der Waals surface area (Å²) in [7, 11) is 2.45. The maximum absolute atomic E-state index is 13.8. The number of rotatable bonds is 6. The van der Waals surface area contributed by atoms with Crippen LogP contribution in [0.4, 0.5) is 21.0 Å². The smallest absolute Gasteiger partial charge is 0.426 e. The van der Waals surface area contributed by atoms with Gasteiger partial charge in [0.05, 0.1) is 34.2 Å². The number of nitro benzene ring substituents is 1. The first-order chi connectivity index (χ1) is 22.6. The van der Waals surface area contributed by atoms with Crippen molar-refractivity contribution in [3.63, 3.8) is 0 Å². The number of aromatic amines is 1. The molecule has 4 aromatic rings. The van der Waals surface area contributed by atoms with E-state index in [1.54, 1.807) is 20.8 Å². The molecular formula is C30H29ClN6O11. The molecule has 252 valence electrons. The third-order valence-electron chi connectivity index (χ3n) is 7.05. The number of methoxy groups -OCH3 is 1. The molecule has 1 aliphatic rings. The van der Waals surface area contributed by atoms with E-state index in [2.05, 4.69) is 15.8 Å². The summed E-state index contributed by atoms with van der Waals surface area (Å²) in [6.07, 6.45) is -0.570. The van der Waals surface area contributed by atoms with Gasteiger partial charge in [0.2, 0.25) is 0 Å². The molecular weight excluding hydrogens is 656 g/mol. The van der Waals surface area contributed by atoms with Crippen molar-refractivity contribution < 1.29 is 47.5 Å². The molecule has 0 radical (unpaired) electrons. The zero-order valence-corrected chi connectivity index (χ0v) is 26.9. The van der Waals surface area contributed by atoms with Crippen molar-refractivity contribution in [2.45, 2.75) is 31.7 Å². The van der Waals surface area contributed by atoms with Gasteiger partial charge in [0.25, 0.3) is 17.5 Å². The minimum absolute atomic E-state index is 0.0543. The fraction of sp³-hybridized carbons (Fsp3) is 0.300. The van der Waals surface area contributed by atoms with Gasteiger partial charge in [0.1, 0.15) is 17.7 Å². The number of nitrogens with one attached hydrogen (secondary N) is 3. The van der Waals surface area contributed by atoms with Gasteiger partial charge in [0.15, 0.2) is 11.5 Å². The molecule has 4 amide bonds. The van der Waals surface area contributed by atoms with Crippen LogP contribution < -0.4 is 20.5 Å². The van der Waals surface area contributed by atoms with Crippen molar-refractivity contribution in [2.75, 3.05) is 32.1 Å². The Morgan fingerprint density at radius 2 is 1.90 bits per heavy atom. The number of alkyl halides is 1. The molecule has 18 heteroatoms. The largest absolute Gasteiger partial charge is 0.465 e. The van der Waals surface area contributed by atoms with E-state index in [0.29, 0.717) is 10.9 Å². The number of H-pyrrole nitrogens is 1. The molecule has 0 aliphatic carbocycles. The number of hydrazine groups is 1. The van der Waals surface area contributed by atoms with E-state index in [0.717, 1.165) is 4.90 Å². The summed E-state index contributed by atoms with van der Waals surface area (Å²) in [4.78, 5) is 79.6. The second kappa shape index (κ2) is 12.7. The third-order valence-corrected chi connectivity index (χ3v) is 7.41. The zero-order chi connectivity index (χ0) is 35.1. The van der Waals surface area contributed by atoms with Crippen LogP contribution in [0.5, 0.6) is 5.75 Å². The van der Waals surface area contributed by atoms with E-state index in [-0.39, 0.29) is 51.5 Å². The molecule has 17 nitrogen and oxygen atoms in total. The number of fused-ring (bicyclic) bond motifs is 4. The van der Waals surface area contributed by atoms with Crippen molar-refractivity contribution in [1.29, 1.82) is 0 Å². The van der Waals surface area contributed by atoms with E-state index in [4.69, 9.17) is 30.2 Å². The van der Waals surface area contributed by atoms with Crippen molar-refractivity contribution in [1.82, 2.24) is 20.7 Å². The fourth-order valence-corrected chi connectivity index (χ4v) is 5.39. The number of carbonyl (C=O) groups is 5. The number of aromatic nitrogens is 1. The Morgan fingerprint density at radius 3 is 2.56 bits per heavy atom. The van der Waals surface area contributed by atoms with Crippen molar-refractivity contribution >= 4 is 74.8 Å². The molecule has 0 saturated carbocycles. The highest BCUT2D eigenvalue weighted by molar-refractivity contribution is 6.26. The molecule has 3 N–H and O–H groups in total. The van der Waals surface area contributed by atoms with E-state index in [1.807, 2.05) is 0 Å². The lowest BCUT2D eigenvalue weighted by atomic mass is 10.0. The van der Waals surface area contributed by atoms with Gasteiger partial charge in [0, 0.05) is 54.3 Å². The average Bonchev–Trinajstić information content (AvgIpc) is 3.73. The molecule has 1 atom stereocenters. The Morgan fingerprint density at radius 1 is 1.17 bits per heavy atom. The van der Waals surface area contributed by atoms with Gasteiger partial charge >= 0.3 is 18.2 Å². The second-order valence-electron chi connectivity index (χ2n) is 11.6. The number of halogens is 1. The van der Waals surface area contributed by atoms with Crippen LogP contribution in [-0.4, -0.2) is 77.6 Å².